The van der Waals surface area contributed by atoms with E-state index in [0.29, 0.717) is 5.56 Å². The second kappa shape index (κ2) is 8.97. The van der Waals surface area contributed by atoms with Gasteiger partial charge in [0.1, 0.15) is 5.82 Å². The predicted molar refractivity (Wildman–Crippen MR) is 110 cm³/mol. The molecule has 12 heteroatoms. The molecule has 0 radical (unpaired) electrons. The zero-order valence-electron chi connectivity index (χ0n) is 16.5. The van der Waals surface area contributed by atoms with Crippen LogP contribution in [0.3, 0.4) is 0 Å². The number of amides is 1. The molecule has 1 aromatic carbocycles. The van der Waals surface area contributed by atoms with Crippen LogP contribution in [0.2, 0.25) is 5.02 Å². The van der Waals surface area contributed by atoms with E-state index in [4.69, 9.17) is 16.3 Å². The maximum atomic E-state index is 14.1. The van der Waals surface area contributed by atoms with Crippen molar-refractivity contribution in [2.24, 2.45) is 5.92 Å². The summed E-state index contributed by atoms with van der Waals surface area (Å²) in [6, 6.07) is 7.33. The van der Waals surface area contributed by atoms with Gasteiger partial charge < -0.3 is 19.3 Å². The highest BCUT2D eigenvalue weighted by molar-refractivity contribution is 6.30. The summed E-state index contributed by atoms with van der Waals surface area (Å²) < 4.78 is 25.8. The fourth-order valence-corrected chi connectivity index (χ4v) is 3.86. The predicted octanol–water partition coefficient (Wildman–Crippen LogP) is 2.35. The largest absolute Gasteiger partial charge is 0.465 e. The Morgan fingerprint density at radius 3 is 2.84 bits per heavy atom. The van der Waals surface area contributed by atoms with Gasteiger partial charge in [0.15, 0.2) is 5.82 Å². The molecular weight excluding hydrogens is 447 g/mol. The van der Waals surface area contributed by atoms with E-state index in [-0.39, 0.29) is 42.7 Å². The van der Waals surface area contributed by atoms with E-state index in [9.17, 15) is 23.9 Å². The lowest BCUT2D eigenvalue weighted by atomic mass is 9.94. The van der Waals surface area contributed by atoms with Crippen LogP contribution in [-0.4, -0.2) is 50.5 Å². The van der Waals surface area contributed by atoms with Crippen molar-refractivity contribution < 1.29 is 23.6 Å². The average molecular weight is 465 g/mol. The van der Waals surface area contributed by atoms with Crippen LogP contribution in [0.15, 0.2) is 50.6 Å². The minimum Gasteiger partial charge on any atom is -0.465 e. The van der Waals surface area contributed by atoms with Crippen LogP contribution in [0, 0.1) is 11.7 Å². The Kier molecular flexibility index (Phi) is 6.10. The molecule has 32 heavy (non-hydrogen) atoms. The molecule has 1 fully saturated rings. The Morgan fingerprint density at radius 2 is 2.16 bits per heavy atom. The van der Waals surface area contributed by atoms with Crippen molar-refractivity contribution in [3.05, 3.63) is 73.8 Å². The first-order valence-electron chi connectivity index (χ1n) is 9.63. The van der Waals surface area contributed by atoms with Crippen LogP contribution in [0.4, 0.5) is 9.18 Å². The molecule has 10 nitrogen and oxygen atoms in total. The van der Waals surface area contributed by atoms with Gasteiger partial charge in [0.05, 0.1) is 23.3 Å². The number of ether oxygens (including phenoxy) is 1. The fraction of sp³-hybridized carbons (Fsp3) is 0.300. The number of nitrogens with zero attached hydrogens (tertiary/aromatic N) is 3. The van der Waals surface area contributed by atoms with Crippen LogP contribution in [0.1, 0.15) is 11.7 Å². The molecule has 1 aliphatic rings. The van der Waals surface area contributed by atoms with Gasteiger partial charge in [0.2, 0.25) is 0 Å². The highest BCUT2D eigenvalue weighted by atomic mass is 35.5. The van der Waals surface area contributed by atoms with Gasteiger partial charge in [0.25, 0.3) is 5.56 Å². The first-order chi connectivity index (χ1) is 15.3. The number of rotatable bonds is 4. The number of hydrogen-bond donors (Lipinski definition) is 2. The summed E-state index contributed by atoms with van der Waals surface area (Å²) >= 11 is 5.79. The second-order valence-corrected chi connectivity index (χ2v) is 7.68. The molecule has 0 bridgehead atoms. The van der Waals surface area contributed by atoms with Gasteiger partial charge in [0, 0.05) is 31.7 Å². The molecule has 168 valence electrons. The van der Waals surface area contributed by atoms with Gasteiger partial charge in [-0.3, -0.25) is 14.3 Å². The van der Waals surface area contributed by atoms with Crippen molar-refractivity contribution in [2.75, 3.05) is 19.7 Å². The molecule has 2 aromatic heterocycles. The SMILES string of the molecule is O=C(O)N1CCO[C@@H](c2ccc(Cl)c(F)c2)[C@@H](Cn2cccc(-c3noc(=O)[nH]3)c2=O)C1. The molecule has 4 rings (SSSR count). The average Bonchev–Trinajstić information content (AvgIpc) is 3.07. The smallest absolute Gasteiger partial charge is 0.439 e. The third kappa shape index (κ3) is 4.43. The van der Waals surface area contributed by atoms with Gasteiger partial charge in [-0.25, -0.2) is 14.0 Å². The zero-order chi connectivity index (χ0) is 22.8. The molecule has 2 N–H and O–H groups in total. The molecule has 0 spiro atoms. The summed E-state index contributed by atoms with van der Waals surface area (Å²) in [5.41, 5.74) is 0.121. The lowest BCUT2D eigenvalue weighted by Gasteiger charge is -2.27. The van der Waals surface area contributed by atoms with E-state index in [1.807, 2.05) is 0 Å². The first kappa shape index (κ1) is 21.8. The minimum atomic E-state index is -1.12. The lowest BCUT2D eigenvalue weighted by Crippen LogP contribution is -2.37. The molecule has 3 heterocycles. The van der Waals surface area contributed by atoms with Crippen molar-refractivity contribution in [1.82, 2.24) is 19.6 Å². The summed E-state index contributed by atoms with van der Waals surface area (Å²) in [7, 11) is 0. The maximum Gasteiger partial charge on any atom is 0.439 e. The highest BCUT2D eigenvalue weighted by Gasteiger charge is 2.32. The maximum absolute atomic E-state index is 14.1. The summed E-state index contributed by atoms with van der Waals surface area (Å²) in [5, 5.41) is 13.0. The number of carboxylic acid groups (broad SMARTS) is 1. The van der Waals surface area contributed by atoms with Crippen molar-refractivity contribution in [2.45, 2.75) is 12.6 Å². The molecule has 0 aliphatic carbocycles. The number of aromatic amines is 1. The quantitative estimate of drug-likeness (QED) is 0.606. The molecule has 0 saturated carbocycles. The standard InChI is InChI=1S/C20H18ClFN4O6/c21-14-4-3-11(8-15(14)22)16-12(10-26(20(29)30)6-7-31-16)9-25-5-1-2-13(18(25)27)17-23-19(28)32-24-17/h1-5,8,12,16H,6-7,9-10H2,(H,29,30)(H,23,24,28)/t12-,16-/m0/s1. The molecule has 1 saturated heterocycles. The number of hydrogen-bond acceptors (Lipinski definition) is 6. The van der Waals surface area contributed by atoms with Gasteiger partial charge in [-0.2, -0.15) is 0 Å². The summed E-state index contributed by atoms with van der Waals surface area (Å²) in [6.45, 7) is 0.357. The number of aromatic nitrogens is 3. The molecule has 0 unspecified atom stereocenters. The molecule has 2 atom stereocenters. The third-order valence-corrected chi connectivity index (χ3v) is 5.54. The van der Waals surface area contributed by atoms with Crippen molar-refractivity contribution in [3.8, 4) is 11.4 Å². The Morgan fingerprint density at radius 1 is 1.34 bits per heavy atom. The van der Waals surface area contributed by atoms with E-state index >= 15 is 0 Å². The highest BCUT2D eigenvalue weighted by Crippen LogP contribution is 2.32. The van der Waals surface area contributed by atoms with Crippen LogP contribution in [-0.2, 0) is 11.3 Å². The molecule has 1 aliphatic heterocycles. The van der Waals surface area contributed by atoms with E-state index < -0.39 is 35.2 Å². The number of nitrogens with one attached hydrogen (secondary N) is 1. The number of halogens is 2. The topological polar surface area (TPSA) is 131 Å². The van der Waals surface area contributed by atoms with Crippen LogP contribution in [0.25, 0.3) is 11.4 Å². The van der Waals surface area contributed by atoms with Crippen LogP contribution in [0.5, 0.6) is 0 Å². The second-order valence-electron chi connectivity index (χ2n) is 7.28. The Labute approximate surface area is 184 Å². The van der Waals surface area contributed by atoms with Crippen molar-refractivity contribution >= 4 is 17.7 Å². The zero-order valence-corrected chi connectivity index (χ0v) is 17.3. The number of benzene rings is 1. The first-order valence-corrected chi connectivity index (χ1v) is 10.0. The number of H-pyrrole nitrogens is 1. The summed E-state index contributed by atoms with van der Waals surface area (Å²) in [6.07, 6.45) is -0.282. The minimum absolute atomic E-state index is 0.0186. The van der Waals surface area contributed by atoms with E-state index in [1.165, 1.54) is 33.9 Å². The molecule has 1 amide bonds. The Balaban J connectivity index is 1.71. The lowest BCUT2D eigenvalue weighted by molar-refractivity contribution is 0.0249. The number of carbonyl (C=O) groups is 1. The summed E-state index contributed by atoms with van der Waals surface area (Å²) in [4.78, 5) is 39.4. The van der Waals surface area contributed by atoms with Gasteiger partial charge in [-0.1, -0.05) is 22.8 Å². The number of pyridine rings is 1. The Hall–Kier alpha value is -3.44. The molecular formula is C20H18ClFN4O6. The van der Waals surface area contributed by atoms with Crippen LogP contribution < -0.4 is 11.3 Å². The fourth-order valence-electron chi connectivity index (χ4n) is 3.74. The van der Waals surface area contributed by atoms with Gasteiger partial charge in [-0.05, 0) is 29.8 Å². The van der Waals surface area contributed by atoms with Crippen molar-refractivity contribution in [1.29, 1.82) is 0 Å². The van der Waals surface area contributed by atoms with Crippen molar-refractivity contribution in [3.63, 3.8) is 0 Å². The van der Waals surface area contributed by atoms with Gasteiger partial charge >= 0.3 is 11.8 Å². The molecule has 3 aromatic rings. The van der Waals surface area contributed by atoms with E-state index in [0.717, 1.165) is 0 Å². The van der Waals surface area contributed by atoms with Gasteiger partial charge in [-0.15, -0.1) is 0 Å². The van der Waals surface area contributed by atoms with E-state index in [2.05, 4.69) is 14.7 Å². The van der Waals surface area contributed by atoms with Crippen LogP contribution >= 0.6 is 11.6 Å². The third-order valence-electron chi connectivity index (χ3n) is 5.23. The van der Waals surface area contributed by atoms with E-state index in [1.54, 1.807) is 12.1 Å². The normalized spacial score (nSPS) is 19.0. The Bertz CT molecular complexity index is 1260. The monoisotopic (exact) mass is 464 g/mol. The summed E-state index contributed by atoms with van der Waals surface area (Å²) in [5.74, 6) is -1.97.